The second kappa shape index (κ2) is 5.17. The molecule has 20 heavy (non-hydrogen) atoms. The molecular weight excluding hydrogens is 258 g/mol. The van der Waals surface area contributed by atoms with Crippen LogP contribution in [0.15, 0.2) is 61.2 Å². The Morgan fingerprint density at radius 3 is 1.25 bits per heavy atom. The summed E-state index contributed by atoms with van der Waals surface area (Å²) in [6.07, 6.45) is 6.18. The Morgan fingerprint density at radius 2 is 0.900 bits per heavy atom. The Labute approximate surface area is 114 Å². The Hall–Kier alpha value is -2.62. The highest BCUT2D eigenvalue weighted by molar-refractivity contribution is 5.71. The first-order valence-electron chi connectivity index (χ1n) is 6.06. The molecule has 0 saturated heterocycles. The van der Waals surface area contributed by atoms with E-state index >= 15 is 0 Å². The monoisotopic (exact) mass is 268 g/mol. The van der Waals surface area contributed by atoms with Gasteiger partial charge in [0.2, 0.25) is 0 Å². The molecule has 0 atom stereocenters. The van der Waals surface area contributed by atoms with Crippen molar-refractivity contribution in [2.75, 3.05) is 0 Å². The van der Waals surface area contributed by atoms with Crippen LogP contribution in [-0.4, -0.2) is 9.97 Å². The van der Waals surface area contributed by atoms with Crippen molar-refractivity contribution in [1.82, 2.24) is 9.97 Å². The van der Waals surface area contributed by atoms with E-state index in [0.717, 1.165) is 0 Å². The van der Waals surface area contributed by atoms with Crippen LogP contribution in [-0.2, 0) is 0 Å². The number of pyridine rings is 2. The minimum Gasteiger partial charge on any atom is -0.265 e. The third-order valence-electron chi connectivity index (χ3n) is 3.06. The summed E-state index contributed by atoms with van der Waals surface area (Å²) >= 11 is 0. The standard InChI is InChI=1S/C16H10F2N2/c17-15-13(11-3-7-19-8-4-11)1-2-14(16(15)18)12-5-9-20-10-6-12/h1-10H. The smallest absolute Gasteiger partial charge is 0.167 e. The molecule has 3 aromatic rings. The lowest BCUT2D eigenvalue weighted by molar-refractivity contribution is 0.514. The van der Waals surface area contributed by atoms with E-state index in [1.807, 2.05) is 0 Å². The maximum atomic E-state index is 14.2. The van der Waals surface area contributed by atoms with Crippen LogP contribution >= 0.6 is 0 Å². The molecule has 1 aromatic carbocycles. The molecule has 2 nitrogen and oxygen atoms in total. The van der Waals surface area contributed by atoms with Crippen LogP contribution in [0, 0.1) is 11.6 Å². The first kappa shape index (κ1) is 12.4. The first-order valence-corrected chi connectivity index (χ1v) is 6.06. The molecule has 0 aliphatic rings. The summed E-state index contributed by atoms with van der Waals surface area (Å²) in [5.41, 5.74) is 1.64. The van der Waals surface area contributed by atoms with Gasteiger partial charge in [0.15, 0.2) is 11.6 Å². The maximum absolute atomic E-state index is 14.2. The molecule has 0 bridgehead atoms. The maximum Gasteiger partial charge on any atom is 0.167 e. The fourth-order valence-corrected chi connectivity index (χ4v) is 2.06. The van der Waals surface area contributed by atoms with Crippen molar-refractivity contribution in [3.63, 3.8) is 0 Å². The molecule has 0 fully saturated rings. The summed E-state index contributed by atoms with van der Waals surface area (Å²) in [4.78, 5) is 7.73. The second-order valence-electron chi connectivity index (χ2n) is 4.26. The van der Waals surface area contributed by atoms with E-state index in [4.69, 9.17) is 0 Å². The quantitative estimate of drug-likeness (QED) is 0.699. The highest BCUT2D eigenvalue weighted by Gasteiger charge is 2.15. The van der Waals surface area contributed by atoms with E-state index < -0.39 is 11.6 Å². The average Bonchev–Trinajstić information content (AvgIpc) is 2.52. The van der Waals surface area contributed by atoms with Crippen LogP contribution in [0.4, 0.5) is 8.78 Å². The van der Waals surface area contributed by atoms with Crippen molar-refractivity contribution in [1.29, 1.82) is 0 Å². The van der Waals surface area contributed by atoms with Crippen molar-refractivity contribution in [3.05, 3.63) is 72.8 Å². The van der Waals surface area contributed by atoms with Crippen molar-refractivity contribution in [2.45, 2.75) is 0 Å². The van der Waals surface area contributed by atoms with Gasteiger partial charge >= 0.3 is 0 Å². The molecular formula is C16H10F2N2. The number of hydrogen-bond donors (Lipinski definition) is 0. The molecule has 0 amide bonds. The molecule has 2 aromatic heterocycles. The van der Waals surface area contributed by atoms with Crippen LogP contribution in [0.1, 0.15) is 0 Å². The fourth-order valence-electron chi connectivity index (χ4n) is 2.06. The predicted molar refractivity (Wildman–Crippen MR) is 72.8 cm³/mol. The van der Waals surface area contributed by atoms with Gasteiger partial charge in [0, 0.05) is 35.9 Å². The van der Waals surface area contributed by atoms with Crippen molar-refractivity contribution < 1.29 is 8.78 Å². The largest absolute Gasteiger partial charge is 0.265 e. The van der Waals surface area contributed by atoms with E-state index in [0.29, 0.717) is 11.1 Å². The van der Waals surface area contributed by atoms with Gasteiger partial charge in [-0.2, -0.15) is 0 Å². The van der Waals surface area contributed by atoms with E-state index in [1.165, 1.54) is 0 Å². The van der Waals surface area contributed by atoms with E-state index in [-0.39, 0.29) is 11.1 Å². The first-order chi connectivity index (χ1) is 9.77. The zero-order chi connectivity index (χ0) is 13.9. The zero-order valence-corrected chi connectivity index (χ0v) is 10.4. The van der Waals surface area contributed by atoms with Gasteiger partial charge in [-0.3, -0.25) is 9.97 Å². The molecule has 0 aliphatic carbocycles. The third kappa shape index (κ3) is 2.16. The summed E-state index contributed by atoms with van der Waals surface area (Å²) in [5, 5.41) is 0. The molecule has 0 radical (unpaired) electrons. The van der Waals surface area contributed by atoms with E-state index in [1.54, 1.807) is 61.2 Å². The van der Waals surface area contributed by atoms with Crippen LogP contribution in [0.25, 0.3) is 22.3 Å². The van der Waals surface area contributed by atoms with Gasteiger partial charge in [-0.25, -0.2) is 8.78 Å². The lowest BCUT2D eigenvalue weighted by atomic mass is 10.00. The van der Waals surface area contributed by atoms with Gasteiger partial charge in [-0.15, -0.1) is 0 Å². The SMILES string of the molecule is Fc1c(-c2ccncc2)ccc(-c2ccncc2)c1F. The molecule has 0 N–H and O–H groups in total. The number of benzene rings is 1. The predicted octanol–water partition coefficient (Wildman–Crippen LogP) is 4.09. The summed E-state index contributed by atoms with van der Waals surface area (Å²) in [7, 11) is 0. The molecule has 2 heterocycles. The van der Waals surface area contributed by atoms with E-state index in [2.05, 4.69) is 9.97 Å². The summed E-state index contributed by atoms with van der Waals surface area (Å²) < 4.78 is 28.4. The van der Waals surface area contributed by atoms with Gasteiger partial charge in [0.25, 0.3) is 0 Å². The summed E-state index contributed by atoms with van der Waals surface area (Å²) in [6.45, 7) is 0. The molecule has 98 valence electrons. The summed E-state index contributed by atoms with van der Waals surface area (Å²) in [6, 6.07) is 9.72. The molecule has 0 spiro atoms. The lowest BCUT2D eigenvalue weighted by Gasteiger charge is -2.08. The molecule has 4 heteroatoms. The zero-order valence-electron chi connectivity index (χ0n) is 10.4. The molecule has 0 saturated carbocycles. The Balaban J connectivity index is 2.13. The normalized spacial score (nSPS) is 10.5. The minimum absolute atomic E-state index is 0.225. The van der Waals surface area contributed by atoms with Crippen LogP contribution in [0.2, 0.25) is 0 Å². The molecule has 0 unspecified atom stereocenters. The van der Waals surface area contributed by atoms with Gasteiger partial charge < -0.3 is 0 Å². The van der Waals surface area contributed by atoms with Crippen LogP contribution < -0.4 is 0 Å². The Bertz CT molecular complexity index is 664. The van der Waals surface area contributed by atoms with Crippen molar-refractivity contribution in [3.8, 4) is 22.3 Å². The molecule has 3 rings (SSSR count). The van der Waals surface area contributed by atoms with Gasteiger partial charge in [0.1, 0.15) is 0 Å². The Morgan fingerprint density at radius 1 is 0.550 bits per heavy atom. The average molecular weight is 268 g/mol. The van der Waals surface area contributed by atoms with Gasteiger partial charge in [0.05, 0.1) is 0 Å². The second-order valence-corrected chi connectivity index (χ2v) is 4.26. The number of aromatic nitrogens is 2. The Kier molecular flexibility index (Phi) is 3.21. The van der Waals surface area contributed by atoms with Crippen molar-refractivity contribution >= 4 is 0 Å². The highest BCUT2D eigenvalue weighted by atomic mass is 19.2. The van der Waals surface area contributed by atoms with Crippen LogP contribution in [0.3, 0.4) is 0 Å². The van der Waals surface area contributed by atoms with Crippen molar-refractivity contribution in [2.24, 2.45) is 0 Å². The van der Waals surface area contributed by atoms with Gasteiger partial charge in [-0.05, 0) is 35.4 Å². The van der Waals surface area contributed by atoms with E-state index in [9.17, 15) is 8.78 Å². The topological polar surface area (TPSA) is 25.8 Å². The van der Waals surface area contributed by atoms with Gasteiger partial charge in [-0.1, -0.05) is 12.1 Å². The number of hydrogen-bond acceptors (Lipinski definition) is 2. The number of nitrogens with zero attached hydrogens (tertiary/aromatic N) is 2. The fraction of sp³-hybridized carbons (Fsp3) is 0. The highest BCUT2D eigenvalue weighted by Crippen LogP contribution is 2.30. The summed E-state index contributed by atoms with van der Waals surface area (Å²) in [5.74, 6) is -1.71. The minimum atomic E-state index is -0.856. The third-order valence-corrected chi connectivity index (χ3v) is 3.06. The van der Waals surface area contributed by atoms with Crippen LogP contribution in [0.5, 0.6) is 0 Å². The number of halogens is 2. The molecule has 0 aliphatic heterocycles. The number of rotatable bonds is 2. The lowest BCUT2D eigenvalue weighted by Crippen LogP contribution is -1.94.